The molecule has 0 aliphatic heterocycles. The molecule has 0 aliphatic carbocycles. The number of hydrogen-bond acceptors (Lipinski definition) is 3. The number of aromatic nitrogens is 1. The van der Waals surface area contributed by atoms with Crippen LogP contribution in [0.1, 0.15) is 6.92 Å². The number of carbonyl (C=O) groups is 1. The second-order valence-corrected chi connectivity index (χ2v) is 3.71. The van der Waals surface area contributed by atoms with Gasteiger partial charge in [-0.15, -0.1) is 0 Å². The molecule has 0 aliphatic rings. The molecule has 15 heavy (non-hydrogen) atoms. The molecule has 0 saturated carbocycles. The molecule has 2 N–H and O–H groups in total. The number of nitrogens with one attached hydrogen (secondary N) is 2. The van der Waals surface area contributed by atoms with Crippen molar-refractivity contribution in [2.45, 2.75) is 6.92 Å². The zero-order valence-electron chi connectivity index (χ0n) is 8.75. The smallest absolute Gasteiger partial charge is 0.228 e. The van der Waals surface area contributed by atoms with Gasteiger partial charge in [-0.1, -0.05) is 18.5 Å². The molecule has 1 amide bonds. The van der Waals surface area contributed by atoms with Gasteiger partial charge in [0.15, 0.2) is 0 Å². The Kier molecular flexibility index (Phi) is 4.52. The largest absolute Gasteiger partial charge is 0.323 e. The molecule has 1 unspecified atom stereocenters. The highest BCUT2D eigenvalue weighted by Gasteiger charge is 2.12. The maximum atomic E-state index is 11.6. The first-order chi connectivity index (χ1) is 7.15. The molecule has 1 atom stereocenters. The molecule has 1 rings (SSSR count). The van der Waals surface area contributed by atoms with Crippen LogP contribution in [0.4, 0.5) is 5.69 Å². The monoisotopic (exact) mass is 227 g/mol. The maximum absolute atomic E-state index is 11.6. The summed E-state index contributed by atoms with van der Waals surface area (Å²) in [5.41, 5.74) is 0.548. The molecule has 0 radical (unpaired) electrons. The van der Waals surface area contributed by atoms with Crippen LogP contribution < -0.4 is 10.6 Å². The summed E-state index contributed by atoms with van der Waals surface area (Å²) in [5.74, 6) is -0.175. The Labute approximate surface area is 94.0 Å². The zero-order chi connectivity index (χ0) is 11.3. The highest BCUT2D eigenvalue weighted by atomic mass is 35.5. The van der Waals surface area contributed by atoms with E-state index in [1.54, 1.807) is 19.3 Å². The Morgan fingerprint density at radius 2 is 2.40 bits per heavy atom. The van der Waals surface area contributed by atoms with Gasteiger partial charge in [0.1, 0.15) is 0 Å². The van der Waals surface area contributed by atoms with Crippen molar-refractivity contribution in [1.82, 2.24) is 10.3 Å². The normalized spacial score (nSPS) is 12.2. The summed E-state index contributed by atoms with van der Waals surface area (Å²) in [6.45, 7) is 2.47. The number of rotatable bonds is 4. The van der Waals surface area contributed by atoms with E-state index in [0.717, 1.165) is 0 Å². The lowest BCUT2D eigenvalue weighted by atomic mass is 10.1. The lowest BCUT2D eigenvalue weighted by Gasteiger charge is -2.11. The van der Waals surface area contributed by atoms with Gasteiger partial charge >= 0.3 is 0 Å². The molecule has 0 saturated heterocycles. The molecule has 0 bridgehead atoms. The average Bonchev–Trinajstić information content (AvgIpc) is 2.21. The first kappa shape index (κ1) is 11.9. The predicted octanol–water partition coefficient (Wildman–Crippen LogP) is 1.53. The lowest BCUT2D eigenvalue weighted by Crippen LogP contribution is -2.28. The fourth-order valence-corrected chi connectivity index (χ4v) is 1.28. The Morgan fingerprint density at radius 1 is 1.67 bits per heavy atom. The molecule has 5 heteroatoms. The van der Waals surface area contributed by atoms with Gasteiger partial charge in [0.25, 0.3) is 0 Å². The van der Waals surface area contributed by atoms with Gasteiger partial charge in [-0.2, -0.15) is 0 Å². The molecule has 0 fully saturated rings. The van der Waals surface area contributed by atoms with Crippen molar-refractivity contribution in [2.24, 2.45) is 5.92 Å². The summed E-state index contributed by atoms with van der Waals surface area (Å²) in [5, 5.41) is 6.16. The molecule has 0 spiro atoms. The van der Waals surface area contributed by atoms with Gasteiger partial charge in [-0.25, -0.2) is 0 Å². The van der Waals surface area contributed by atoms with Crippen molar-refractivity contribution < 1.29 is 4.79 Å². The quantitative estimate of drug-likeness (QED) is 0.820. The zero-order valence-corrected chi connectivity index (χ0v) is 9.51. The Balaban J connectivity index is 2.62. The molecule has 1 heterocycles. The third kappa shape index (κ3) is 3.49. The van der Waals surface area contributed by atoms with Crippen LogP contribution in [-0.2, 0) is 4.79 Å². The first-order valence-corrected chi connectivity index (χ1v) is 5.08. The highest BCUT2D eigenvalue weighted by molar-refractivity contribution is 6.33. The number of hydrogen-bond donors (Lipinski definition) is 2. The number of pyridine rings is 1. The van der Waals surface area contributed by atoms with Gasteiger partial charge in [0.2, 0.25) is 5.91 Å². The third-order valence-corrected chi connectivity index (χ3v) is 2.31. The molecular weight excluding hydrogens is 214 g/mol. The minimum Gasteiger partial charge on any atom is -0.323 e. The van der Waals surface area contributed by atoms with Gasteiger partial charge < -0.3 is 10.6 Å². The number of carbonyl (C=O) groups excluding carboxylic acids is 1. The van der Waals surface area contributed by atoms with Crippen LogP contribution in [-0.4, -0.2) is 24.5 Å². The minimum atomic E-state index is -0.105. The van der Waals surface area contributed by atoms with Crippen LogP contribution in [0.3, 0.4) is 0 Å². The van der Waals surface area contributed by atoms with E-state index in [9.17, 15) is 4.79 Å². The van der Waals surface area contributed by atoms with Crippen molar-refractivity contribution in [3.8, 4) is 0 Å². The highest BCUT2D eigenvalue weighted by Crippen LogP contribution is 2.19. The Hall–Kier alpha value is -1.13. The number of halogens is 1. The summed E-state index contributed by atoms with van der Waals surface area (Å²) in [4.78, 5) is 15.5. The molecule has 82 valence electrons. The summed E-state index contributed by atoms with van der Waals surface area (Å²) in [7, 11) is 1.81. The number of amides is 1. The van der Waals surface area contributed by atoms with Crippen LogP contribution >= 0.6 is 11.6 Å². The van der Waals surface area contributed by atoms with Gasteiger partial charge in [-0.05, 0) is 13.1 Å². The second-order valence-electron chi connectivity index (χ2n) is 3.30. The van der Waals surface area contributed by atoms with Gasteiger partial charge in [0.05, 0.1) is 16.9 Å². The standard InChI is InChI=1S/C10H14ClN3O/c1-7(5-12-2)10(15)14-9-6-13-4-3-8(9)11/h3-4,6-7,12H,5H2,1-2H3,(H,14,15). The summed E-state index contributed by atoms with van der Waals surface area (Å²) >= 11 is 5.88. The van der Waals surface area contributed by atoms with Crippen LogP contribution in [0, 0.1) is 5.92 Å². The van der Waals surface area contributed by atoms with E-state index in [1.165, 1.54) is 6.20 Å². The van der Waals surface area contributed by atoms with Crippen molar-refractivity contribution >= 4 is 23.2 Å². The summed E-state index contributed by atoms with van der Waals surface area (Å²) < 4.78 is 0. The van der Waals surface area contributed by atoms with Gasteiger partial charge in [-0.3, -0.25) is 9.78 Å². The van der Waals surface area contributed by atoms with Crippen LogP contribution in [0.15, 0.2) is 18.5 Å². The average molecular weight is 228 g/mol. The molecular formula is C10H14ClN3O. The van der Waals surface area contributed by atoms with E-state index in [-0.39, 0.29) is 11.8 Å². The predicted molar refractivity (Wildman–Crippen MR) is 61.0 cm³/mol. The van der Waals surface area contributed by atoms with E-state index in [0.29, 0.717) is 17.3 Å². The van der Waals surface area contributed by atoms with Crippen LogP contribution in [0.5, 0.6) is 0 Å². The molecule has 1 aromatic rings. The van der Waals surface area contributed by atoms with Crippen molar-refractivity contribution in [2.75, 3.05) is 18.9 Å². The summed E-state index contributed by atoms with van der Waals surface area (Å²) in [6, 6.07) is 1.64. The topological polar surface area (TPSA) is 54.0 Å². The minimum absolute atomic E-state index is 0.0701. The van der Waals surface area contributed by atoms with Crippen LogP contribution in [0.25, 0.3) is 0 Å². The molecule has 1 aromatic heterocycles. The van der Waals surface area contributed by atoms with Crippen molar-refractivity contribution in [3.63, 3.8) is 0 Å². The van der Waals surface area contributed by atoms with E-state index in [1.807, 2.05) is 6.92 Å². The number of nitrogens with zero attached hydrogens (tertiary/aromatic N) is 1. The fourth-order valence-electron chi connectivity index (χ4n) is 1.12. The number of anilines is 1. The fraction of sp³-hybridized carbons (Fsp3) is 0.400. The van der Waals surface area contributed by atoms with Crippen molar-refractivity contribution in [1.29, 1.82) is 0 Å². The SMILES string of the molecule is CNCC(C)C(=O)Nc1cnccc1Cl. The second kappa shape index (κ2) is 5.68. The van der Waals surface area contributed by atoms with Crippen LogP contribution in [0.2, 0.25) is 5.02 Å². The summed E-state index contributed by atoms with van der Waals surface area (Å²) in [6.07, 6.45) is 3.11. The van der Waals surface area contributed by atoms with Gasteiger partial charge in [0, 0.05) is 18.7 Å². The third-order valence-electron chi connectivity index (χ3n) is 1.98. The van der Waals surface area contributed by atoms with E-state index in [2.05, 4.69) is 15.6 Å². The molecule has 4 nitrogen and oxygen atoms in total. The van der Waals surface area contributed by atoms with E-state index in [4.69, 9.17) is 11.6 Å². The van der Waals surface area contributed by atoms with E-state index < -0.39 is 0 Å². The Bertz CT molecular complexity index is 343. The van der Waals surface area contributed by atoms with E-state index >= 15 is 0 Å². The lowest BCUT2D eigenvalue weighted by molar-refractivity contribution is -0.119. The Morgan fingerprint density at radius 3 is 3.00 bits per heavy atom. The first-order valence-electron chi connectivity index (χ1n) is 4.70. The maximum Gasteiger partial charge on any atom is 0.228 e. The van der Waals surface area contributed by atoms with Crippen molar-refractivity contribution in [3.05, 3.63) is 23.5 Å². The molecule has 0 aromatic carbocycles.